The van der Waals surface area contributed by atoms with Crippen LogP contribution >= 0.6 is 0 Å². The molecular weight excluding hydrogens is 210 g/mol. The van der Waals surface area contributed by atoms with E-state index in [1.807, 2.05) is 13.0 Å². The highest BCUT2D eigenvalue weighted by atomic mass is 16.5. The van der Waals surface area contributed by atoms with Gasteiger partial charge in [0.15, 0.2) is 0 Å². The molecule has 0 fully saturated rings. The van der Waals surface area contributed by atoms with Crippen molar-refractivity contribution in [2.24, 2.45) is 0 Å². The number of carboxylic acid groups (broad SMARTS) is 1. The van der Waals surface area contributed by atoms with Gasteiger partial charge in [-0.05, 0) is 13.3 Å². The predicted molar refractivity (Wildman–Crippen MR) is 56.4 cm³/mol. The van der Waals surface area contributed by atoms with Crippen LogP contribution in [0.15, 0.2) is 11.6 Å². The van der Waals surface area contributed by atoms with Crippen LogP contribution in [-0.2, 0) is 14.3 Å². The molecule has 1 unspecified atom stereocenters. The van der Waals surface area contributed by atoms with E-state index in [1.165, 1.54) is 0 Å². The number of quaternary nitrogens is 1. The number of hydrogen-bond acceptors (Lipinski definition) is 4. The molecule has 0 aliphatic carbocycles. The zero-order valence-electron chi connectivity index (χ0n) is 10.0. The number of ether oxygens (including phenoxy) is 1. The first-order valence-electron chi connectivity index (χ1n) is 5.32. The Kier molecular flexibility index (Phi) is 7.20. The number of carbonyl (C=O) groups excluding carboxylic acids is 2. The smallest absolute Gasteiger partial charge is 0.337 e. The summed E-state index contributed by atoms with van der Waals surface area (Å²) in [4.78, 5) is 22.2. The highest BCUT2D eigenvalue weighted by molar-refractivity contribution is 5.87. The number of aliphatic carboxylic acids is 1. The van der Waals surface area contributed by atoms with Gasteiger partial charge in [-0.15, -0.1) is 0 Å². The molecule has 0 aliphatic rings. The van der Waals surface area contributed by atoms with E-state index < -0.39 is 11.9 Å². The number of rotatable bonds is 7. The zero-order chi connectivity index (χ0) is 12.6. The number of carboxylic acids is 1. The first kappa shape index (κ1) is 14.6. The number of likely N-dealkylation sites (N-methyl/N-ethyl adjacent to an activating group) is 1. The van der Waals surface area contributed by atoms with Gasteiger partial charge in [-0.25, -0.2) is 4.79 Å². The van der Waals surface area contributed by atoms with Crippen molar-refractivity contribution >= 4 is 11.9 Å². The van der Waals surface area contributed by atoms with Gasteiger partial charge in [-0.1, -0.05) is 19.4 Å². The molecule has 0 radical (unpaired) electrons. The normalized spacial score (nSPS) is 13.3. The van der Waals surface area contributed by atoms with E-state index >= 15 is 0 Å². The lowest BCUT2D eigenvalue weighted by Gasteiger charge is -2.14. The monoisotopic (exact) mass is 229 g/mol. The van der Waals surface area contributed by atoms with Gasteiger partial charge in [0.05, 0.1) is 13.0 Å². The first-order valence-corrected chi connectivity index (χ1v) is 5.32. The fourth-order valence-electron chi connectivity index (χ4n) is 1.04. The Bertz CT molecular complexity index is 273. The van der Waals surface area contributed by atoms with E-state index in [2.05, 4.69) is 0 Å². The molecule has 5 heteroatoms. The largest absolute Gasteiger partial charge is 0.544 e. The average molecular weight is 229 g/mol. The number of nitrogens with one attached hydrogen (secondary N) is 1. The van der Waals surface area contributed by atoms with E-state index in [9.17, 15) is 14.7 Å². The minimum atomic E-state index is -1.16. The summed E-state index contributed by atoms with van der Waals surface area (Å²) in [6, 6.07) is 0. The Balaban J connectivity index is 3.92. The number of carbonyl (C=O) groups is 2. The lowest BCUT2D eigenvalue weighted by atomic mass is 10.2. The third kappa shape index (κ3) is 7.00. The van der Waals surface area contributed by atoms with Crippen molar-refractivity contribution in [1.82, 2.24) is 0 Å². The maximum absolute atomic E-state index is 11.4. The lowest BCUT2D eigenvalue weighted by molar-refractivity contribution is -0.892. The standard InChI is InChI=1S/C11H19NO4/c1-4-5-6-9(2)11(15)16-8-12(3)7-10(13)14/h6H,4-5,7-8H2,1-3H3,(H,13,14)/b9-6+. The van der Waals surface area contributed by atoms with Crippen molar-refractivity contribution in [3.63, 3.8) is 0 Å². The molecule has 0 saturated heterocycles. The third-order valence-electron chi connectivity index (χ3n) is 1.96. The van der Waals surface area contributed by atoms with Gasteiger partial charge in [0, 0.05) is 5.57 Å². The Morgan fingerprint density at radius 3 is 2.56 bits per heavy atom. The molecule has 0 aromatic rings. The number of allylic oxidation sites excluding steroid dienone is 1. The number of esters is 1. The summed E-state index contributed by atoms with van der Waals surface area (Å²) in [5.41, 5.74) is 0.558. The summed E-state index contributed by atoms with van der Waals surface area (Å²) in [5.74, 6) is -1.56. The molecular formula is C11H19NO4. The summed E-state index contributed by atoms with van der Waals surface area (Å²) in [7, 11) is 1.62. The van der Waals surface area contributed by atoms with Crippen LogP contribution in [0.25, 0.3) is 0 Å². The van der Waals surface area contributed by atoms with Crippen molar-refractivity contribution in [2.45, 2.75) is 26.7 Å². The SMILES string of the molecule is CCC/C=C(\C)C(=O)OC[NH+](C)CC(=O)[O-]. The molecule has 0 heterocycles. The third-order valence-corrected chi connectivity index (χ3v) is 1.96. The van der Waals surface area contributed by atoms with Crippen LogP contribution in [0, 0.1) is 0 Å². The molecule has 0 amide bonds. The highest BCUT2D eigenvalue weighted by Crippen LogP contribution is 1.99. The molecule has 0 aromatic carbocycles. The molecule has 1 N–H and O–H groups in total. The van der Waals surface area contributed by atoms with E-state index in [-0.39, 0.29) is 13.3 Å². The minimum Gasteiger partial charge on any atom is -0.544 e. The van der Waals surface area contributed by atoms with Gasteiger partial charge in [0.1, 0.15) is 6.54 Å². The van der Waals surface area contributed by atoms with Crippen LogP contribution in [0.5, 0.6) is 0 Å². The Hall–Kier alpha value is -1.36. The first-order chi connectivity index (χ1) is 7.47. The summed E-state index contributed by atoms with van der Waals surface area (Å²) >= 11 is 0. The van der Waals surface area contributed by atoms with Crippen LogP contribution in [-0.4, -0.2) is 32.3 Å². The van der Waals surface area contributed by atoms with E-state index in [0.29, 0.717) is 10.5 Å². The second-order valence-corrected chi connectivity index (χ2v) is 3.76. The topological polar surface area (TPSA) is 70.9 Å². The lowest BCUT2D eigenvalue weighted by Crippen LogP contribution is -3.10. The van der Waals surface area contributed by atoms with Crippen LogP contribution in [0.2, 0.25) is 0 Å². The second-order valence-electron chi connectivity index (χ2n) is 3.76. The molecule has 0 saturated carbocycles. The number of unbranched alkanes of at least 4 members (excludes halogenated alkanes) is 1. The maximum atomic E-state index is 11.4. The Morgan fingerprint density at radius 1 is 1.44 bits per heavy atom. The average Bonchev–Trinajstić information content (AvgIpc) is 2.21. The highest BCUT2D eigenvalue weighted by Gasteiger charge is 2.08. The van der Waals surface area contributed by atoms with Crippen molar-refractivity contribution in [1.29, 1.82) is 0 Å². The minimum absolute atomic E-state index is 0.0319. The van der Waals surface area contributed by atoms with Gasteiger partial charge >= 0.3 is 5.97 Å². The predicted octanol–water partition coefficient (Wildman–Crippen LogP) is -1.50. The van der Waals surface area contributed by atoms with Crippen LogP contribution < -0.4 is 10.0 Å². The molecule has 5 nitrogen and oxygen atoms in total. The molecule has 0 aromatic heterocycles. The maximum Gasteiger partial charge on any atom is 0.337 e. The van der Waals surface area contributed by atoms with E-state index in [0.717, 1.165) is 12.8 Å². The van der Waals surface area contributed by atoms with Crippen molar-refractivity contribution < 1.29 is 24.3 Å². The quantitative estimate of drug-likeness (QED) is 0.327. The summed E-state index contributed by atoms with van der Waals surface area (Å²) in [5, 5.41) is 10.2. The molecule has 0 rings (SSSR count). The Morgan fingerprint density at radius 2 is 2.06 bits per heavy atom. The molecule has 0 bridgehead atoms. The molecule has 16 heavy (non-hydrogen) atoms. The summed E-state index contributed by atoms with van der Waals surface area (Å²) in [6.07, 6.45) is 3.62. The summed E-state index contributed by atoms with van der Waals surface area (Å²) < 4.78 is 4.93. The van der Waals surface area contributed by atoms with E-state index in [1.54, 1.807) is 14.0 Å². The molecule has 92 valence electrons. The van der Waals surface area contributed by atoms with Crippen molar-refractivity contribution in [3.05, 3.63) is 11.6 Å². The van der Waals surface area contributed by atoms with Crippen LogP contribution in [0.3, 0.4) is 0 Å². The van der Waals surface area contributed by atoms with Crippen LogP contribution in [0.4, 0.5) is 0 Å². The molecule has 0 aliphatic heterocycles. The van der Waals surface area contributed by atoms with Crippen molar-refractivity contribution in [3.8, 4) is 0 Å². The molecule has 1 atom stereocenters. The molecule has 0 spiro atoms. The Labute approximate surface area is 95.7 Å². The summed E-state index contributed by atoms with van der Waals surface area (Å²) in [6.45, 7) is 3.56. The zero-order valence-corrected chi connectivity index (χ0v) is 10.0. The van der Waals surface area contributed by atoms with Gasteiger partial charge in [-0.3, -0.25) is 4.90 Å². The number of hydrogen-bond donors (Lipinski definition) is 1. The fourth-order valence-corrected chi connectivity index (χ4v) is 1.04. The van der Waals surface area contributed by atoms with Gasteiger partial charge in [0.25, 0.3) is 0 Å². The van der Waals surface area contributed by atoms with E-state index in [4.69, 9.17) is 4.74 Å². The van der Waals surface area contributed by atoms with Gasteiger partial charge < -0.3 is 14.6 Å². The van der Waals surface area contributed by atoms with Crippen LogP contribution in [0.1, 0.15) is 26.7 Å². The van der Waals surface area contributed by atoms with Gasteiger partial charge in [0.2, 0.25) is 6.73 Å². The fraction of sp³-hybridized carbons (Fsp3) is 0.636. The van der Waals surface area contributed by atoms with Gasteiger partial charge in [-0.2, -0.15) is 0 Å². The van der Waals surface area contributed by atoms with Crippen molar-refractivity contribution in [2.75, 3.05) is 20.3 Å². The second kappa shape index (κ2) is 7.87.